The first-order chi connectivity index (χ1) is 11.3. The summed E-state index contributed by atoms with van der Waals surface area (Å²) in [7, 11) is 1.59. The molecule has 0 bridgehead atoms. The van der Waals surface area contributed by atoms with Crippen LogP contribution in [0.15, 0.2) is 48.5 Å². The number of methoxy groups -OCH3 is 1. The topological polar surface area (TPSA) is 68.6 Å². The lowest BCUT2D eigenvalue weighted by Crippen LogP contribution is -2.10. The Morgan fingerprint density at radius 1 is 1.09 bits per heavy atom. The maximum Gasteiger partial charge on any atom is 0.196 e. The van der Waals surface area contributed by atoms with E-state index in [4.69, 9.17) is 19.5 Å². The van der Waals surface area contributed by atoms with E-state index in [0.717, 1.165) is 0 Å². The maximum absolute atomic E-state index is 12.6. The summed E-state index contributed by atoms with van der Waals surface area (Å²) in [6.07, 6.45) is 0. The fourth-order valence-corrected chi connectivity index (χ4v) is 1.94. The molecule has 23 heavy (non-hydrogen) atoms. The number of benzene rings is 2. The molecule has 2 rings (SSSR count). The molecule has 0 N–H and O–H groups in total. The molecule has 2 aromatic carbocycles. The van der Waals surface area contributed by atoms with Crippen LogP contribution in [0.25, 0.3) is 0 Å². The van der Waals surface area contributed by atoms with E-state index in [0.29, 0.717) is 35.7 Å². The van der Waals surface area contributed by atoms with Crippen molar-refractivity contribution in [2.45, 2.75) is 0 Å². The number of hydrogen-bond donors (Lipinski definition) is 0. The molecule has 2 aromatic rings. The Bertz CT molecular complexity index is 689. The quantitative estimate of drug-likeness (QED) is 0.426. The molecule has 0 heterocycles. The van der Waals surface area contributed by atoms with Gasteiger partial charge in [0.1, 0.15) is 5.75 Å². The maximum atomic E-state index is 12.6. The third-order valence-corrected chi connectivity index (χ3v) is 3.14. The molecule has 0 saturated heterocycles. The van der Waals surface area contributed by atoms with Crippen molar-refractivity contribution in [2.24, 2.45) is 0 Å². The molecule has 118 valence electrons. The molecule has 0 aliphatic rings. The highest BCUT2D eigenvalue weighted by Crippen LogP contribution is 2.21. The van der Waals surface area contributed by atoms with Crippen LogP contribution in [-0.4, -0.2) is 32.9 Å². The highest BCUT2D eigenvalue weighted by Gasteiger charge is 2.14. The zero-order chi connectivity index (χ0) is 16.5. The van der Waals surface area contributed by atoms with Crippen LogP contribution in [0.3, 0.4) is 0 Å². The molecule has 0 amide bonds. The number of nitriles is 1. The SMILES string of the molecule is COCCOCOc1ccccc1C(=O)c1ccc(C#N)cc1. The average molecular weight is 311 g/mol. The van der Waals surface area contributed by atoms with Crippen molar-refractivity contribution in [3.8, 4) is 11.8 Å². The van der Waals surface area contributed by atoms with Gasteiger partial charge in [0.25, 0.3) is 0 Å². The van der Waals surface area contributed by atoms with Crippen molar-refractivity contribution >= 4 is 5.78 Å². The van der Waals surface area contributed by atoms with Gasteiger partial charge in [-0.1, -0.05) is 12.1 Å². The van der Waals surface area contributed by atoms with Crippen molar-refractivity contribution < 1.29 is 19.0 Å². The van der Waals surface area contributed by atoms with Gasteiger partial charge in [-0.3, -0.25) is 4.79 Å². The van der Waals surface area contributed by atoms with Gasteiger partial charge < -0.3 is 14.2 Å². The number of carbonyl (C=O) groups is 1. The van der Waals surface area contributed by atoms with Crippen LogP contribution in [0.5, 0.6) is 5.75 Å². The van der Waals surface area contributed by atoms with Gasteiger partial charge in [0.05, 0.1) is 30.4 Å². The van der Waals surface area contributed by atoms with Crippen LogP contribution in [0, 0.1) is 11.3 Å². The van der Waals surface area contributed by atoms with Crippen LogP contribution >= 0.6 is 0 Å². The summed E-state index contributed by atoms with van der Waals surface area (Å²) in [5.41, 5.74) is 1.46. The minimum absolute atomic E-state index is 0.0427. The fraction of sp³-hybridized carbons (Fsp3) is 0.222. The van der Waals surface area contributed by atoms with Crippen LogP contribution in [0.2, 0.25) is 0 Å². The molecule has 0 unspecified atom stereocenters. The summed E-state index contributed by atoms with van der Waals surface area (Å²) >= 11 is 0. The van der Waals surface area contributed by atoms with E-state index in [1.165, 1.54) is 0 Å². The van der Waals surface area contributed by atoms with Gasteiger partial charge in [0, 0.05) is 12.7 Å². The van der Waals surface area contributed by atoms with Gasteiger partial charge >= 0.3 is 0 Å². The van der Waals surface area contributed by atoms with Gasteiger partial charge in [-0.05, 0) is 36.4 Å². The normalized spacial score (nSPS) is 10.1. The molecule has 0 aromatic heterocycles. The van der Waals surface area contributed by atoms with Crippen molar-refractivity contribution in [3.05, 3.63) is 65.2 Å². The predicted molar refractivity (Wildman–Crippen MR) is 84.4 cm³/mol. The largest absolute Gasteiger partial charge is 0.467 e. The smallest absolute Gasteiger partial charge is 0.196 e. The van der Waals surface area contributed by atoms with E-state index in [9.17, 15) is 4.79 Å². The van der Waals surface area contributed by atoms with E-state index in [1.807, 2.05) is 6.07 Å². The summed E-state index contributed by atoms with van der Waals surface area (Å²) in [6.45, 7) is 0.943. The molecule has 0 aliphatic heterocycles. The molecule has 0 fully saturated rings. The number of para-hydroxylation sites is 1. The van der Waals surface area contributed by atoms with Crippen molar-refractivity contribution in [2.75, 3.05) is 27.1 Å². The van der Waals surface area contributed by atoms with Crippen molar-refractivity contribution in [1.82, 2.24) is 0 Å². The Morgan fingerprint density at radius 3 is 2.52 bits per heavy atom. The monoisotopic (exact) mass is 311 g/mol. The lowest BCUT2D eigenvalue weighted by molar-refractivity contribution is -0.00871. The predicted octanol–water partition coefficient (Wildman–Crippen LogP) is 2.79. The summed E-state index contributed by atoms with van der Waals surface area (Å²) in [4.78, 5) is 12.6. The number of carbonyl (C=O) groups excluding carboxylic acids is 1. The fourth-order valence-electron chi connectivity index (χ4n) is 1.94. The van der Waals surface area contributed by atoms with E-state index < -0.39 is 0 Å². The number of rotatable bonds is 8. The highest BCUT2D eigenvalue weighted by atomic mass is 16.7. The Kier molecular flexibility index (Phi) is 6.30. The van der Waals surface area contributed by atoms with Gasteiger partial charge in [-0.15, -0.1) is 0 Å². The lowest BCUT2D eigenvalue weighted by Gasteiger charge is -2.11. The third-order valence-electron chi connectivity index (χ3n) is 3.14. The molecule has 0 aliphatic carbocycles. The lowest BCUT2D eigenvalue weighted by atomic mass is 10.0. The van der Waals surface area contributed by atoms with Crippen LogP contribution in [0.4, 0.5) is 0 Å². The first-order valence-electron chi connectivity index (χ1n) is 7.09. The molecular weight excluding hydrogens is 294 g/mol. The van der Waals surface area contributed by atoms with Gasteiger partial charge in [-0.2, -0.15) is 5.26 Å². The summed E-state index contributed by atoms with van der Waals surface area (Å²) < 4.78 is 15.6. The van der Waals surface area contributed by atoms with E-state index in [-0.39, 0.29) is 12.6 Å². The first-order valence-corrected chi connectivity index (χ1v) is 7.09. The Balaban J connectivity index is 2.09. The summed E-state index contributed by atoms with van der Waals surface area (Å²) in [5.74, 6) is 0.293. The number of hydrogen-bond acceptors (Lipinski definition) is 5. The van der Waals surface area contributed by atoms with Gasteiger partial charge in [0.15, 0.2) is 12.6 Å². The second kappa shape index (κ2) is 8.69. The van der Waals surface area contributed by atoms with Crippen LogP contribution in [0.1, 0.15) is 21.5 Å². The zero-order valence-electron chi connectivity index (χ0n) is 12.8. The number of nitrogens with zero attached hydrogens (tertiary/aromatic N) is 1. The summed E-state index contributed by atoms with van der Waals surface area (Å²) in [6, 6.07) is 15.5. The Labute approximate surface area is 135 Å². The Hall–Kier alpha value is -2.68. The molecule has 0 saturated carbocycles. The molecule has 0 radical (unpaired) electrons. The number of ether oxygens (including phenoxy) is 3. The number of ketones is 1. The molecular formula is C18H17NO4. The Morgan fingerprint density at radius 2 is 1.83 bits per heavy atom. The third kappa shape index (κ3) is 4.65. The van der Waals surface area contributed by atoms with Crippen LogP contribution in [-0.2, 0) is 9.47 Å². The van der Waals surface area contributed by atoms with Gasteiger partial charge in [0.2, 0.25) is 0 Å². The average Bonchev–Trinajstić information content (AvgIpc) is 2.61. The minimum atomic E-state index is -0.165. The highest BCUT2D eigenvalue weighted by molar-refractivity contribution is 6.10. The molecule has 0 atom stereocenters. The molecule has 5 nitrogen and oxygen atoms in total. The molecule has 0 spiro atoms. The van der Waals surface area contributed by atoms with E-state index >= 15 is 0 Å². The van der Waals surface area contributed by atoms with Gasteiger partial charge in [-0.25, -0.2) is 0 Å². The zero-order valence-corrected chi connectivity index (χ0v) is 12.8. The minimum Gasteiger partial charge on any atom is -0.467 e. The van der Waals surface area contributed by atoms with Crippen LogP contribution < -0.4 is 4.74 Å². The second-order valence-corrected chi connectivity index (χ2v) is 4.68. The van der Waals surface area contributed by atoms with Crippen molar-refractivity contribution in [1.29, 1.82) is 5.26 Å². The second-order valence-electron chi connectivity index (χ2n) is 4.68. The summed E-state index contributed by atoms with van der Waals surface area (Å²) in [5, 5.41) is 8.81. The standard InChI is InChI=1S/C18H17NO4/c1-21-10-11-22-13-23-17-5-3-2-4-16(17)18(20)15-8-6-14(12-19)7-9-15/h2-9H,10-11,13H2,1H3. The molecule has 5 heteroatoms. The van der Waals surface area contributed by atoms with Crippen molar-refractivity contribution in [3.63, 3.8) is 0 Å². The first kappa shape index (κ1) is 16.7. The van der Waals surface area contributed by atoms with E-state index in [2.05, 4.69) is 0 Å². The van der Waals surface area contributed by atoms with E-state index in [1.54, 1.807) is 55.6 Å².